The molecule has 0 heterocycles. The Kier molecular flexibility index (Phi) is 21.5. The minimum absolute atomic E-state index is 0.339. The van der Waals surface area contributed by atoms with Crippen LogP contribution in [0.2, 0.25) is 0 Å². The van der Waals surface area contributed by atoms with Crippen LogP contribution in [0.3, 0.4) is 0 Å². The van der Waals surface area contributed by atoms with Crippen LogP contribution in [0.5, 0.6) is 0 Å². The van der Waals surface area contributed by atoms with Crippen LogP contribution in [0.15, 0.2) is 24.2 Å². The molecule has 0 aliphatic carbocycles. The molecule has 0 saturated heterocycles. The Bertz CT molecular complexity index is 439. The van der Waals surface area contributed by atoms with Gasteiger partial charge >= 0.3 is 5.97 Å². The first-order valence-electron chi connectivity index (χ1n) is 12.8. The predicted molar refractivity (Wildman–Crippen MR) is 129 cm³/mol. The van der Waals surface area contributed by atoms with Crippen molar-refractivity contribution in [1.29, 1.82) is 0 Å². The highest BCUT2D eigenvalue weighted by Gasteiger charge is 2.08. The number of carbonyl (C=O) groups excluding carboxylic acids is 1. The Hall–Kier alpha value is -1.25. The first-order valence-corrected chi connectivity index (χ1v) is 12.8. The highest BCUT2D eigenvalue weighted by molar-refractivity contribution is 5.87. The van der Waals surface area contributed by atoms with Gasteiger partial charge in [-0.25, -0.2) is 4.79 Å². The molecular weight excluding hydrogens is 372 g/mol. The summed E-state index contributed by atoms with van der Waals surface area (Å²) in [5, 5.41) is 0. The summed E-state index contributed by atoms with van der Waals surface area (Å²) in [6, 6.07) is 0. The smallest absolute Gasteiger partial charge is 0.340 e. The Morgan fingerprint density at radius 1 is 0.700 bits per heavy atom. The second kappa shape index (κ2) is 22.4. The molecule has 0 saturated carbocycles. The second-order valence-corrected chi connectivity index (χ2v) is 8.63. The van der Waals surface area contributed by atoms with E-state index in [2.05, 4.69) is 20.4 Å². The molecule has 0 radical (unpaired) electrons. The van der Waals surface area contributed by atoms with Gasteiger partial charge in [0.25, 0.3) is 5.95 Å². The number of esters is 1. The Balaban J connectivity index is 3.47. The third kappa shape index (κ3) is 20.0. The number of allylic oxidation sites excluding steroid dienone is 1. The summed E-state index contributed by atoms with van der Waals surface area (Å²) >= 11 is 0. The molecule has 0 aliphatic heterocycles. The highest BCUT2D eigenvalue weighted by Crippen LogP contribution is 2.14. The van der Waals surface area contributed by atoms with Crippen LogP contribution in [0.4, 0.5) is 0 Å². The summed E-state index contributed by atoms with van der Waals surface area (Å²) in [5.74, 6) is -0.0739. The maximum absolute atomic E-state index is 11.7. The van der Waals surface area contributed by atoms with Crippen LogP contribution < -0.4 is 0 Å². The molecule has 176 valence electrons. The first kappa shape index (κ1) is 28.8. The van der Waals surface area contributed by atoms with Crippen LogP contribution in [0, 0.1) is 0 Å². The molecule has 0 spiro atoms. The van der Waals surface area contributed by atoms with E-state index >= 15 is 0 Å². The number of unbranched alkanes of at least 4 members (excludes halogenated alkanes) is 16. The van der Waals surface area contributed by atoms with Crippen LogP contribution in [0.25, 0.3) is 0 Å². The van der Waals surface area contributed by atoms with Gasteiger partial charge in [-0.2, -0.15) is 0 Å². The summed E-state index contributed by atoms with van der Waals surface area (Å²) < 4.78 is 10.9. The fourth-order valence-corrected chi connectivity index (χ4v) is 3.39. The minimum Gasteiger partial charge on any atom is -0.465 e. The lowest BCUT2D eigenvalue weighted by Gasteiger charge is -2.10. The zero-order valence-corrected chi connectivity index (χ0v) is 20.4. The molecule has 0 aliphatic rings. The SMILES string of the molecule is C=C(C)C(=O)O/C(=C\CCC)OCCCCCCCCCCCCCCCCCC. The monoisotopic (exact) mass is 422 g/mol. The Morgan fingerprint density at radius 3 is 1.53 bits per heavy atom. The molecule has 0 rings (SSSR count). The fraction of sp³-hybridized carbons (Fsp3) is 0.815. The normalized spacial score (nSPS) is 11.5. The van der Waals surface area contributed by atoms with Crippen molar-refractivity contribution in [2.45, 2.75) is 136 Å². The average molecular weight is 423 g/mol. The predicted octanol–water partition coefficient (Wildman–Crippen LogP) is 9.03. The van der Waals surface area contributed by atoms with Gasteiger partial charge in [0.2, 0.25) is 0 Å². The average Bonchev–Trinajstić information content (AvgIpc) is 2.73. The van der Waals surface area contributed by atoms with Gasteiger partial charge < -0.3 is 9.47 Å². The van der Waals surface area contributed by atoms with E-state index in [-0.39, 0.29) is 0 Å². The molecule has 0 aromatic carbocycles. The number of rotatable bonds is 22. The third-order valence-electron chi connectivity index (χ3n) is 5.38. The summed E-state index contributed by atoms with van der Waals surface area (Å²) in [7, 11) is 0. The molecule has 0 amide bonds. The van der Waals surface area contributed by atoms with E-state index in [4.69, 9.17) is 9.47 Å². The van der Waals surface area contributed by atoms with Gasteiger partial charge in [-0.1, -0.05) is 123 Å². The summed E-state index contributed by atoms with van der Waals surface area (Å²) in [5.41, 5.74) is 0.392. The van der Waals surface area contributed by atoms with Crippen LogP contribution >= 0.6 is 0 Å². The summed E-state index contributed by atoms with van der Waals surface area (Å²) in [6.45, 7) is 10.2. The van der Waals surface area contributed by atoms with E-state index in [1.165, 1.54) is 96.3 Å². The number of ether oxygens (including phenoxy) is 2. The maximum atomic E-state index is 11.7. The second-order valence-electron chi connectivity index (χ2n) is 8.63. The van der Waals surface area contributed by atoms with Crippen molar-refractivity contribution >= 4 is 5.97 Å². The van der Waals surface area contributed by atoms with E-state index in [0.29, 0.717) is 18.1 Å². The van der Waals surface area contributed by atoms with Crippen molar-refractivity contribution in [2.24, 2.45) is 0 Å². The molecule has 0 unspecified atom stereocenters. The van der Waals surface area contributed by atoms with Gasteiger partial charge in [-0.3, -0.25) is 0 Å². The molecule has 30 heavy (non-hydrogen) atoms. The first-order chi connectivity index (χ1) is 14.6. The molecule has 0 N–H and O–H groups in total. The van der Waals surface area contributed by atoms with E-state index in [1.54, 1.807) is 6.92 Å². The Morgan fingerprint density at radius 2 is 1.13 bits per heavy atom. The van der Waals surface area contributed by atoms with E-state index in [9.17, 15) is 4.79 Å². The van der Waals surface area contributed by atoms with Gasteiger partial charge in [0.15, 0.2) is 0 Å². The lowest BCUT2D eigenvalue weighted by Crippen LogP contribution is -2.08. The molecule has 0 atom stereocenters. The van der Waals surface area contributed by atoms with Crippen molar-refractivity contribution in [3.05, 3.63) is 24.2 Å². The van der Waals surface area contributed by atoms with E-state index in [0.717, 1.165) is 19.3 Å². The minimum atomic E-state index is -0.413. The van der Waals surface area contributed by atoms with Crippen LogP contribution in [-0.4, -0.2) is 12.6 Å². The van der Waals surface area contributed by atoms with E-state index in [1.807, 2.05) is 6.08 Å². The lowest BCUT2D eigenvalue weighted by molar-refractivity contribution is -0.140. The molecule has 3 heteroatoms. The number of hydrogen-bond donors (Lipinski definition) is 0. The van der Waals surface area contributed by atoms with Gasteiger partial charge in [0, 0.05) is 5.57 Å². The van der Waals surface area contributed by atoms with Gasteiger partial charge in [-0.15, -0.1) is 0 Å². The number of hydrogen-bond acceptors (Lipinski definition) is 3. The summed E-state index contributed by atoms with van der Waals surface area (Å²) in [4.78, 5) is 11.7. The Labute approximate surface area is 187 Å². The lowest BCUT2D eigenvalue weighted by atomic mass is 10.0. The van der Waals surface area contributed by atoms with Crippen LogP contribution in [-0.2, 0) is 14.3 Å². The zero-order chi connectivity index (χ0) is 22.3. The van der Waals surface area contributed by atoms with Gasteiger partial charge in [0.1, 0.15) is 0 Å². The maximum Gasteiger partial charge on any atom is 0.340 e. The number of carbonyl (C=O) groups is 1. The fourth-order valence-electron chi connectivity index (χ4n) is 3.39. The zero-order valence-electron chi connectivity index (χ0n) is 20.4. The molecule has 0 bridgehead atoms. The molecule has 0 aromatic heterocycles. The highest BCUT2D eigenvalue weighted by atomic mass is 16.7. The van der Waals surface area contributed by atoms with Crippen molar-refractivity contribution < 1.29 is 14.3 Å². The van der Waals surface area contributed by atoms with Crippen molar-refractivity contribution in [1.82, 2.24) is 0 Å². The van der Waals surface area contributed by atoms with Crippen molar-refractivity contribution in [3.63, 3.8) is 0 Å². The largest absolute Gasteiger partial charge is 0.465 e. The van der Waals surface area contributed by atoms with Gasteiger partial charge in [-0.05, 0) is 25.8 Å². The topological polar surface area (TPSA) is 35.5 Å². The standard InChI is InChI=1S/C27H50O3/c1-5-7-9-10-11-12-13-14-15-16-17-18-19-20-21-22-24-29-26(23-8-6-2)30-27(28)25(3)4/h23H,3,5-22,24H2,1-2,4H3/b26-23-. The van der Waals surface area contributed by atoms with Crippen LogP contribution in [0.1, 0.15) is 136 Å². The van der Waals surface area contributed by atoms with E-state index < -0.39 is 5.97 Å². The molecule has 3 nitrogen and oxygen atoms in total. The van der Waals surface area contributed by atoms with Crippen molar-refractivity contribution in [3.8, 4) is 0 Å². The van der Waals surface area contributed by atoms with Gasteiger partial charge in [0.05, 0.1) is 6.61 Å². The third-order valence-corrected chi connectivity index (χ3v) is 5.38. The summed E-state index contributed by atoms with van der Waals surface area (Å²) in [6.07, 6.45) is 25.4. The van der Waals surface area contributed by atoms with Crippen molar-refractivity contribution in [2.75, 3.05) is 6.61 Å². The molecule has 0 fully saturated rings. The molecule has 0 aromatic rings. The quantitative estimate of drug-likeness (QED) is 0.0755. The molecular formula is C27H50O3.